The van der Waals surface area contributed by atoms with Gasteiger partial charge in [-0.2, -0.15) is 4.31 Å². The molecule has 0 spiro atoms. The Labute approximate surface area is 451 Å². The van der Waals surface area contributed by atoms with E-state index < -0.39 is 84.6 Å². The molecule has 5 aliphatic rings. The van der Waals surface area contributed by atoms with Crippen LogP contribution in [0.5, 0.6) is 0 Å². The summed E-state index contributed by atoms with van der Waals surface area (Å²) in [7, 11) is -16.5. The van der Waals surface area contributed by atoms with E-state index in [0.717, 1.165) is 61.2 Å². The first-order valence-electron chi connectivity index (χ1n) is 26.2. The third kappa shape index (κ3) is 14.5. The molecule has 25 nitrogen and oxygen atoms in total. The first kappa shape index (κ1) is 61.6. The number of nitrogens with zero attached hydrogens (tertiary/aromatic N) is 4. The molecule has 3 heterocycles. The Morgan fingerprint density at radius 2 is 1.69 bits per heavy atom. The lowest BCUT2D eigenvalue weighted by Crippen LogP contribution is -2.50. The normalized spacial score (nSPS) is 31.2. The SMILES string of the molecule is CC(CCC[C@@H](C)[C@H]1CC[C@H]2[C@@H]3CCC4=CC(=O)CC[C@]4(C)[C@H]3CC[C@]12C)C(=O)SCCNC(=O)CCNC(=O)[C@H](O)C(C)(C)COP(=O)(O)OP(=O)(O)OC[C@H]1O[C@@H](n2cnc3c(N)ncnc32)[C@H](O)[C@@H]1OP(=O)(O)O. The molecule has 7 rings (SSSR count). The standard InChI is InChI=1S/C48H76N7O18P3S/c1-27(32-12-13-33-31-11-10-29-22-30(56)14-17-47(29,5)34(31)15-18-48(32,33)6)8-7-9-28(2)45(61)77-21-20-50-36(57)16-19-51-43(60)40(59)46(3,4)24-70-76(67,68)73-75(65,66)69-23-35-39(72-74(62,63)64)38(58)44(71-35)55-26-54-37-41(49)52-25-53-42(37)55/h22,25-28,31-35,38-40,44,58-59H,7-21,23-24H2,1-6H3,(H,50,57)(H,51,60)(H,65,66)(H,67,68)(H2,49,52,53)(H2,62,63,64)/t27-,28?,31+,32-,33+,34+,35-,38-,39-,40+,44-,47+,48-/m1/s1. The number of imidazole rings is 1. The largest absolute Gasteiger partial charge is 0.481 e. The van der Waals surface area contributed by atoms with Gasteiger partial charge in [-0.3, -0.25) is 37.3 Å². The van der Waals surface area contributed by atoms with Gasteiger partial charge < -0.3 is 50.9 Å². The third-order valence-electron chi connectivity index (χ3n) is 17.2. The quantitative estimate of drug-likeness (QED) is 0.0452. The van der Waals surface area contributed by atoms with Crippen LogP contribution in [0.3, 0.4) is 0 Å². The summed E-state index contributed by atoms with van der Waals surface area (Å²) in [6.07, 6.45) is 6.90. The molecular weight excluding hydrogens is 1090 g/mol. The van der Waals surface area contributed by atoms with E-state index in [1.165, 1.54) is 63.3 Å². The second kappa shape index (κ2) is 24.6. The third-order valence-corrected chi connectivity index (χ3v) is 21.4. The Bertz CT molecular complexity index is 2680. The van der Waals surface area contributed by atoms with E-state index in [2.05, 4.69) is 55.2 Å². The molecule has 4 fully saturated rings. The number of amides is 2. The van der Waals surface area contributed by atoms with Gasteiger partial charge in [0, 0.05) is 43.0 Å². The molecule has 0 bridgehead atoms. The number of carbonyl (C=O) groups is 4. The number of aromatic nitrogens is 4. The number of fused-ring (bicyclic) bond motifs is 6. The number of nitrogens with two attached hydrogens (primary N) is 1. The van der Waals surface area contributed by atoms with E-state index in [4.69, 9.17) is 19.5 Å². The Balaban J connectivity index is 0.762. The van der Waals surface area contributed by atoms with Crippen molar-refractivity contribution in [2.24, 2.45) is 51.8 Å². The summed E-state index contributed by atoms with van der Waals surface area (Å²) in [4.78, 5) is 102. The van der Waals surface area contributed by atoms with Crippen molar-refractivity contribution < 1.29 is 85.3 Å². The number of aliphatic hydroxyl groups is 2. The molecule has 2 aromatic heterocycles. The molecule has 15 atom stereocenters. The van der Waals surface area contributed by atoms with Crippen LogP contribution in [0.2, 0.25) is 0 Å². The second-order valence-electron chi connectivity index (χ2n) is 22.7. The highest BCUT2D eigenvalue weighted by molar-refractivity contribution is 8.13. The molecule has 432 valence electrons. The highest BCUT2D eigenvalue weighted by Crippen LogP contribution is 2.68. The van der Waals surface area contributed by atoms with Gasteiger partial charge >= 0.3 is 23.5 Å². The zero-order valence-electron chi connectivity index (χ0n) is 44.3. The van der Waals surface area contributed by atoms with Crippen molar-refractivity contribution in [3.8, 4) is 0 Å². The number of hydrogen-bond acceptors (Lipinski definition) is 19. The smallest absolute Gasteiger partial charge is 0.386 e. The number of allylic oxidation sites excluding steroid dienone is 1. The lowest BCUT2D eigenvalue weighted by molar-refractivity contribution is -0.137. The molecule has 1 saturated heterocycles. The number of nitrogens with one attached hydrogen (secondary N) is 2. The number of carbonyl (C=O) groups excluding carboxylic acids is 4. The Hall–Kier alpha value is -3.03. The monoisotopic (exact) mass is 1160 g/mol. The average molecular weight is 1160 g/mol. The molecule has 3 unspecified atom stereocenters. The Kier molecular flexibility index (Phi) is 19.7. The van der Waals surface area contributed by atoms with E-state index in [1.807, 2.05) is 13.0 Å². The first-order valence-corrected chi connectivity index (χ1v) is 31.8. The maximum Gasteiger partial charge on any atom is 0.481 e. The molecule has 0 aromatic carbocycles. The van der Waals surface area contributed by atoms with Crippen molar-refractivity contribution in [3.63, 3.8) is 0 Å². The molecule has 10 N–H and O–H groups in total. The summed E-state index contributed by atoms with van der Waals surface area (Å²) in [6.45, 7) is 9.88. The molecule has 2 aromatic rings. The minimum Gasteiger partial charge on any atom is -0.386 e. The van der Waals surface area contributed by atoms with Crippen LogP contribution in [0.25, 0.3) is 11.2 Å². The van der Waals surface area contributed by atoms with Crippen molar-refractivity contribution >= 4 is 74.9 Å². The highest BCUT2D eigenvalue weighted by Gasteiger charge is 2.59. The first-order chi connectivity index (χ1) is 35.9. The van der Waals surface area contributed by atoms with Gasteiger partial charge in [0.15, 0.2) is 28.6 Å². The average Bonchev–Trinajstić information content (AvgIpc) is 4.21. The van der Waals surface area contributed by atoms with Crippen LogP contribution in [0.15, 0.2) is 24.3 Å². The van der Waals surface area contributed by atoms with Crippen LogP contribution < -0.4 is 16.4 Å². The number of nitrogen functional groups attached to an aromatic ring is 1. The van der Waals surface area contributed by atoms with E-state index in [1.54, 1.807) is 0 Å². The fourth-order valence-electron chi connectivity index (χ4n) is 13.0. The molecule has 77 heavy (non-hydrogen) atoms. The van der Waals surface area contributed by atoms with Crippen molar-refractivity contribution in [2.75, 3.05) is 37.8 Å². The van der Waals surface area contributed by atoms with Crippen molar-refractivity contribution in [1.82, 2.24) is 30.2 Å². The summed E-state index contributed by atoms with van der Waals surface area (Å²) in [6, 6.07) is 0. The van der Waals surface area contributed by atoms with Gasteiger partial charge in [0.05, 0.1) is 19.5 Å². The zero-order chi connectivity index (χ0) is 56.5. The van der Waals surface area contributed by atoms with Crippen LogP contribution >= 0.6 is 35.2 Å². The summed E-state index contributed by atoms with van der Waals surface area (Å²) >= 11 is 1.17. The maximum absolute atomic E-state index is 13.0. The molecule has 29 heteroatoms. The summed E-state index contributed by atoms with van der Waals surface area (Å²) in [5.41, 5.74) is 6.21. The number of aliphatic hydroxyl groups excluding tert-OH is 2. The van der Waals surface area contributed by atoms with Crippen molar-refractivity contribution in [2.45, 2.75) is 149 Å². The Morgan fingerprint density at radius 3 is 2.42 bits per heavy atom. The number of hydrogen-bond donors (Lipinski definition) is 9. The van der Waals surface area contributed by atoms with E-state index in [0.29, 0.717) is 41.1 Å². The molecule has 2 amide bonds. The lowest BCUT2D eigenvalue weighted by atomic mass is 9.46. The minimum absolute atomic E-state index is 0.0312. The van der Waals surface area contributed by atoms with Gasteiger partial charge in [-0.1, -0.05) is 71.7 Å². The predicted octanol–water partition coefficient (Wildman–Crippen LogP) is 5.26. The Morgan fingerprint density at radius 1 is 0.961 bits per heavy atom. The maximum atomic E-state index is 13.0. The number of ketones is 1. The van der Waals surface area contributed by atoms with Gasteiger partial charge in [0.25, 0.3) is 0 Å². The minimum atomic E-state index is -5.59. The molecule has 0 radical (unpaired) electrons. The van der Waals surface area contributed by atoms with Crippen LogP contribution in [-0.4, -0.2) is 128 Å². The second-order valence-corrected chi connectivity index (χ2v) is 28.1. The van der Waals surface area contributed by atoms with Crippen LogP contribution in [0, 0.1) is 51.8 Å². The van der Waals surface area contributed by atoms with E-state index >= 15 is 0 Å². The molecule has 3 saturated carbocycles. The topological polar surface area (TPSA) is 381 Å². The van der Waals surface area contributed by atoms with E-state index in [-0.39, 0.29) is 52.9 Å². The molecule has 1 aliphatic heterocycles. The number of rotatable bonds is 25. The number of phosphoric ester groups is 3. The highest BCUT2D eigenvalue weighted by atomic mass is 32.2. The van der Waals surface area contributed by atoms with Crippen molar-refractivity contribution in [1.29, 1.82) is 0 Å². The number of ether oxygens (including phenoxy) is 1. The van der Waals surface area contributed by atoms with Crippen molar-refractivity contribution in [3.05, 3.63) is 24.3 Å². The fraction of sp³-hybridized carbons (Fsp3) is 0.771. The number of thioether (sulfide) groups is 1. The van der Waals surface area contributed by atoms with Gasteiger partial charge in [0.2, 0.25) is 11.8 Å². The summed E-state index contributed by atoms with van der Waals surface area (Å²) in [5, 5.41) is 26.9. The lowest BCUT2D eigenvalue weighted by Gasteiger charge is -2.58. The molecule has 4 aliphatic carbocycles. The van der Waals surface area contributed by atoms with Gasteiger partial charge in [-0.25, -0.2) is 28.6 Å². The number of anilines is 1. The molecular formula is C48H76N7O18P3S. The van der Waals surface area contributed by atoms with Gasteiger partial charge in [0.1, 0.15) is 36.3 Å². The fourth-order valence-corrected chi connectivity index (χ4v) is 16.7. The zero-order valence-corrected chi connectivity index (χ0v) is 47.8. The van der Waals surface area contributed by atoms with E-state index in [9.17, 15) is 62.7 Å². The van der Waals surface area contributed by atoms with Crippen LogP contribution in [0.1, 0.15) is 125 Å². The van der Waals surface area contributed by atoms with Crippen LogP contribution in [0.4, 0.5) is 5.82 Å². The predicted molar refractivity (Wildman–Crippen MR) is 279 cm³/mol. The van der Waals surface area contributed by atoms with Gasteiger partial charge in [-0.15, -0.1) is 0 Å². The van der Waals surface area contributed by atoms with Gasteiger partial charge in [-0.05, 0) is 97.9 Å². The summed E-state index contributed by atoms with van der Waals surface area (Å²) < 4.78 is 62.8. The number of phosphoric acid groups is 3. The van der Waals surface area contributed by atoms with Crippen LogP contribution in [-0.2, 0) is 55.5 Å². The summed E-state index contributed by atoms with van der Waals surface area (Å²) in [5.74, 6) is 2.50.